The van der Waals surface area contributed by atoms with Crippen molar-refractivity contribution >= 4 is 46.6 Å². The smallest absolute Gasteiger partial charge is 0.412 e. The van der Waals surface area contributed by atoms with Gasteiger partial charge in [0.1, 0.15) is 6.10 Å². The maximum absolute atomic E-state index is 12.9. The summed E-state index contributed by atoms with van der Waals surface area (Å²) in [4.78, 5) is 29.7. The average Bonchev–Trinajstić information content (AvgIpc) is 2.86. The molecule has 9 heteroatoms. The van der Waals surface area contributed by atoms with E-state index in [2.05, 4.69) is 20.9 Å². The third-order valence-electron chi connectivity index (χ3n) is 5.67. The maximum atomic E-state index is 12.9. The fourth-order valence-corrected chi connectivity index (χ4v) is 4.22. The van der Waals surface area contributed by atoms with Crippen LogP contribution < -0.4 is 16.0 Å². The van der Waals surface area contributed by atoms with E-state index < -0.39 is 12.2 Å². The predicted octanol–water partition coefficient (Wildman–Crippen LogP) is 5.93. The van der Waals surface area contributed by atoms with Gasteiger partial charge in [0.25, 0.3) is 5.91 Å². The molecular weight excluding hydrogens is 475 g/mol. The van der Waals surface area contributed by atoms with Gasteiger partial charge in [0.15, 0.2) is 0 Å². The number of carbonyl (C=O) groups is 2. The average molecular weight is 499 g/mol. The minimum absolute atomic E-state index is 0.194. The number of carbonyl (C=O) groups excluding carboxylic acids is 2. The quantitative estimate of drug-likeness (QED) is 0.391. The lowest BCUT2D eigenvalue weighted by Crippen LogP contribution is -2.33. The van der Waals surface area contributed by atoms with Crippen LogP contribution in [0.2, 0.25) is 10.0 Å². The predicted molar refractivity (Wildman–Crippen MR) is 134 cm³/mol. The first-order valence-electron chi connectivity index (χ1n) is 10.9. The third kappa shape index (κ3) is 6.05. The molecule has 1 unspecified atom stereocenters. The second kappa shape index (κ2) is 11.3. The summed E-state index contributed by atoms with van der Waals surface area (Å²) < 4.78 is 5.90. The first kappa shape index (κ1) is 24.0. The maximum Gasteiger partial charge on any atom is 0.412 e. The highest BCUT2D eigenvalue weighted by atomic mass is 35.5. The standard InChI is InChI=1S/C25H24Cl2N4O3/c26-19-6-5-18(15-20(19)27)24(32)30-21-3-1-2-4-22(21)31-25(33)34-23(16-7-11-28-12-8-16)17-9-13-29-14-10-17/h1-8,11-12,15,17,23,29H,9-10,13-14H2,(H,30,32)(H,31,33). The topological polar surface area (TPSA) is 92.4 Å². The number of ether oxygens (including phenoxy) is 1. The molecule has 7 nitrogen and oxygen atoms in total. The van der Waals surface area contributed by atoms with Crippen LogP contribution in [0.1, 0.15) is 34.9 Å². The Kier molecular flexibility index (Phi) is 8.00. The number of rotatable bonds is 6. The number of para-hydroxylation sites is 2. The van der Waals surface area contributed by atoms with Gasteiger partial charge < -0.3 is 15.4 Å². The van der Waals surface area contributed by atoms with E-state index in [0.29, 0.717) is 22.0 Å². The number of anilines is 2. The lowest BCUT2D eigenvalue weighted by Gasteiger charge is -2.30. The number of benzene rings is 2. The fourth-order valence-electron chi connectivity index (χ4n) is 3.92. The van der Waals surface area contributed by atoms with Gasteiger partial charge in [0, 0.05) is 23.9 Å². The summed E-state index contributed by atoms with van der Waals surface area (Å²) in [5.74, 6) is -0.190. The third-order valence-corrected chi connectivity index (χ3v) is 6.41. The van der Waals surface area contributed by atoms with Crippen molar-refractivity contribution in [1.29, 1.82) is 0 Å². The van der Waals surface area contributed by atoms with Gasteiger partial charge >= 0.3 is 6.09 Å². The Morgan fingerprint density at radius 1 is 0.941 bits per heavy atom. The molecule has 2 amide bonds. The Labute approximate surface area is 207 Å². The summed E-state index contributed by atoms with van der Waals surface area (Å²) in [7, 11) is 0. The summed E-state index contributed by atoms with van der Waals surface area (Å²) in [6.07, 6.45) is 4.18. The van der Waals surface area contributed by atoms with E-state index in [1.807, 2.05) is 12.1 Å². The number of hydrogen-bond donors (Lipinski definition) is 3. The van der Waals surface area contributed by atoms with Crippen LogP contribution in [0, 0.1) is 5.92 Å². The molecule has 1 aromatic heterocycles. The van der Waals surface area contributed by atoms with Crippen molar-refractivity contribution in [2.45, 2.75) is 18.9 Å². The van der Waals surface area contributed by atoms with Gasteiger partial charge in [-0.3, -0.25) is 15.1 Å². The van der Waals surface area contributed by atoms with Crippen molar-refractivity contribution in [1.82, 2.24) is 10.3 Å². The largest absolute Gasteiger partial charge is 0.441 e. The first-order chi connectivity index (χ1) is 16.5. The molecule has 4 rings (SSSR count). The highest BCUT2D eigenvalue weighted by molar-refractivity contribution is 6.42. The van der Waals surface area contributed by atoms with E-state index in [0.717, 1.165) is 31.5 Å². The second-order valence-electron chi connectivity index (χ2n) is 7.95. The molecule has 1 saturated heterocycles. The molecule has 1 fully saturated rings. The zero-order valence-electron chi connectivity index (χ0n) is 18.3. The van der Waals surface area contributed by atoms with E-state index >= 15 is 0 Å². The van der Waals surface area contributed by atoms with Crippen LogP contribution >= 0.6 is 23.2 Å². The van der Waals surface area contributed by atoms with Gasteiger partial charge in [-0.05, 0) is 74.0 Å². The number of nitrogens with one attached hydrogen (secondary N) is 3. The summed E-state index contributed by atoms with van der Waals surface area (Å²) in [6, 6.07) is 15.3. The number of aromatic nitrogens is 1. The molecule has 2 heterocycles. The molecular formula is C25H24Cl2N4O3. The van der Waals surface area contributed by atoms with Crippen LogP contribution in [-0.2, 0) is 4.74 Å². The molecule has 2 aromatic carbocycles. The molecule has 3 aromatic rings. The Hall–Kier alpha value is -3.13. The monoisotopic (exact) mass is 498 g/mol. The molecule has 1 atom stereocenters. The lowest BCUT2D eigenvalue weighted by molar-refractivity contribution is 0.0591. The normalized spacial score (nSPS) is 14.8. The van der Waals surface area contributed by atoms with Crippen molar-refractivity contribution in [3.63, 3.8) is 0 Å². The number of nitrogens with zero attached hydrogens (tertiary/aromatic N) is 1. The van der Waals surface area contributed by atoms with Crippen LogP contribution in [0.3, 0.4) is 0 Å². The Balaban J connectivity index is 1.48. The number of amides is 2. The molecule has 3 N–H and O–H groups in total. The Bertz CT molecular complexity index is 1150. The van der Waals surface area contributed by atoms with Gasteiger partial charge in [0.2, 0.25) is 0 Å². The van der Waals surface area contributed by atoms with Crippen LogP contribution in [0.5, 0.6) is 0 Å². The van der Waals surface area contributed by atoms with Crippen LogP contribution in [0.4, 0.5) is 16.2 Å². The zero-order chi connectivity index (χ0) is 23.9. The van der Waals surface area contributed by atoms with Crippen LogP contribution in [0.25, 0.3) is 0 Å². The van der Waals surface area contributed by atoms with E-state index in [1.165, 1.54) is 6.07 Å². The number of hydrogen-bond acceptors (Lipinski definition) is 5. The molecule has 1 aliphatic heterocycles. The lowest BCUT2D eigenvalue weighted by atomic mass is 9.88. The molecule has 0 spiro atoms. The first-order valence-corrected chi connectivity index (χ1v) is 11.7. The van der Waals surface area contributed by atoms with Gasteiger partial charge in [0.05, 0.1) is 21.4 Å². The number of piperidine rings is 1. The van der Waals surface area contributed by atoms with Gasteiger partial charge in [-0.25, -0.2) is 4.79 Å². The van der Waals surface area contributed by atoms with Crippen molar-refractivity contribution in [3.05, 3.63) is 88.2 Å². The highest BCUT2D eigenvalue weighted by Gasteiger charge is 2.28. The van der Waals surface area contributed by atoms with E-state index in [1.54, 1.807) is 48.8 Å². The van der Waals surface area contributed by atoms with Gasteiger partial charge in [-0.1, -0.05) is 35.3 Å². The van der Waals surface area contributed by atoms with Gasteiger partial charge in [-0.15, -0.1) is 0 Å². The SMILES string of the molecule is O=C(Nc1ccccc1NC(=O)c1ccc(Cl)c(Cl)c1)OC(c1ccncc1)C1CCNCC1. The van der Waals surface area contributed by atoms with Crippen molar-refractivity contribution in [2.24, 2.45) is 5.92 Å². The molecule has 176 valence electrons. The zero-order valence-corrected chi connectivity index (χ0v) is 19.8. The van der Waals surface area contributed by atoms with Gasteiger partial charge in [-0.2, -0.15) is 0 Å². The van der Waals surface area contributed by atoms with Crippen molar-refractivity contribution < 1.29 is 14.3 Å². The summed E-state index contributed by atoms with van der Waals surface area (Å²) in [6.45, 7) is 1.75. The molecule has 1 aliphatic rings. The number of halogens is 2. The number of pyridine rings is 1. The molecule has 0 radical (unpaired) electrons. The minimum atomic E-state index is -0.600. The van der Waals surface area contributed by atoms with E-state index in [-0.39, 0.29) is 16.8 Å². The van der Waals surface area contributed by atoms with Crippen LogP contribution in [0.15, 0.2) is 67.0 Å². The molecule has 34 heavy (non-hydrogen) atoms. The Morgan fingerprint density at radius 2 is 1.62 bits per heavy atom. The fraction of sp³-hybridized carbons (Fsp3) is 0.240. The summed E-state index contributed by atoms with van der Waals surface area (Å²) in [5, 5.41) is 9.55. The molecule has 0 aliphatic carbocycles. The van der Waals surface area contributed by atoms with Crippen LogP contribution in [-0.4, -0.2) is 30.1 Å². The molecule has 0 bridgehead atoms. The van der Waals surface area contributed by atoms with E-state index in [4.69, 9.17) is 27.9 Å². The Morgan fingerprint density at radius 3 is 2.29 bits per heavy atom. The molecule has 0 saturated carbocycles. The van der Waals surface area contributed by atoms with E-state index in [9.17, 15) is 9.59 Å². The minimum Gasteiger partial charge on any atom is -0.441 e. The highest BCUT2D eigenvalue weighted by Crippen LogP contribution is 2.33. The van der Waals surface area contributed by atoms with Crippen molar-refractivity contribution in [2.75, 3.05) is 23.7 Å². The summed E-state index contributed by atoms with van der Waals surface area (Å²) in [5.41, 5.74) is 2.09. The second-order valence-corrected chi connectivity index (χ2v) is 8.76. The van der Waals surface area contributed by atoms with Crippen molar-refractivity contribution in [3.8, 4) is 0 Å². The summed E-state index contributed by atoms with van der Waals surface area (Å²) >= 11 is 12.0.